The lowest BCUT2D eigenvalue weighted by atomic mass is 9.69. The van der Waals surface area contributed by atoms with E-state index in [9.17, 15) is 14.7 Å². The van der Waals surface area contributed by atoms with Crippen LogP contribution in [0.3, 0.4) is 0 Å². The van der Waals surface area contributed by atoms with Crippen molar-refractivity contribution in [1.82, 2.24) is 4.90 Å². The number of carboxylic acid groups (broad SMARTS) is 1. The Kier molecular flexibility index (Phi) is 5.15. The average Bonchev–Trinajstić information content (AvgIpc) is 3.17. The van der Waals surface area contributed by atoms with Gasteiger partial charge in [-0.15, -0.1) is 0 Å². The summed E-state index contributed by atoms with van der Waals surface area (Å²) in [6, 6.07) is 17.5. The van der Waals surface area contributed by atoms with Gasteiger partial charge in [-0.3, -0.25) is 9.69 Å². The van der Waals surface area contributed by atoms with E-state index in [2.05, 4.69) is 9.98 Å². The van der Waals surface area contributed by atoms with Crippen molar-refractivity contribution in [2.45, 2.75) is 51.1 Å². The van der Waals surface area contributed by atoms with Crippen molar-refractivity contribution in [1.29, 1.82) is 0 Å². The van der Waals surface area contributed by atoms with E-state index < -0.39 is 23.1 Å². The standard InChI is InChI=1S/C27H27N3O4/c1-26(2,3)30(25(32)33)27(14-7-15-27)19-12-10-18(11-13-19)22-20(17-8-5-4-6-9-17)21-23(31)28-16-29-24(21)34-22/h4-6,8-13,16,21H,7,14-15H2,1-3H3,(H,32,33). The minimum atomic E-state index is -0.912. The second-order valence-electron chi connectivity index (χ2n) is 9.95. The number of ether oxygens (including phenoxy) is 1. The second-order valence-corrected chi connectivity index (χ2v) is 9.95. The topological polar surface area (TPSA) is 91.6 Å². The summed E-state index contributed by atoms with van der Waals surface area (Å²) in [5, 5.41) is 10.0. The molecule has 2 amide bonds. The molecule has 2 aromatic carbocycles. The molecule has 2 aliphatic heterocycles. The molecule has 0 bridgehead atoms. The fourth-order valence-corrected chi connectivity index (χ4v) is 5.35. The highest BCUT2D eigenvalue weighted by molar-refractivity contribution is 6.23. The van der Waals surface area contributed by atoms with Gasteiger partial charge in [0.1, 0.15) is 18.0 Å². The van der Waals surface area contributed by atoms with E-state index in [0.717, 1.165) is 41.5 Å². The third-order valence-corrected chi connectivity index (χ3v) is 6.84. The Morgan fingerprint density at radius 2 is 1.74 bits per heavy atom. The van der Waals surface area contributed by atoms with E-state index in [-0.39, 0.29) is 5.91 Å². The van der Waals surface area contributed by atoms with E-state index in [0.29, 0.717) is 11.7 Å². The molecule has 34 heavy (non-hydrogen) atoms. The number of carbonyl (C=O) groups is 2. The summed E-state index contributed by atoms with van der Waals surface area (Å²) in [6.45, 7) is 5.79. The summed E-state index contributed by atoms with van der Waals surface area (Å²) in [7, 11) is 0. The van der Waals surface area contributed by atoms with Crippen LogP contribution in [0.2, 0.25) is 0 Å². The quantitative estimate of drug-likeness (QED) is 0.672. The van der Waals surface area contributed by atoms with E-state index >= 15 is 0 Å². The van der Waals surface area contributed by atoms with Gasteiger partial charge in [-0.2, -0.15) is 0 Å². The Bertz CT molecular complexity index is 1230. The normalized spacial score (nSPS) is 20.9. The van der Waals surface area contributed by atoms with Crippen LogP contribution in [-0.2, 0) is 15.1 Å². The van der Waals surface area contributed by atoms with E-state index in [4.69, 9.17) is 4.74 Å². The highest BCUT2D eigenvalue weighted by Gasteiger charge is 2.50. The van der Waals surface area contributed by atoms with Crippen LogP contribution in [0.5, 0.6) is 0 Å². The van der Waals surface area contributed by atoms with E-state index in [1.807, 2.05) is 75.4 Å². The van der Waals surface area contributed by atoms with Gasteiger partial charge in [0.05, 0.1) is 5.54 Å². The fourth-order valence-electron chi connectivity index (χ4n) is 5.35. The number of hydrogen-bond acceptors (Lipinski definition) is 4. The zero-order chi connectivity index (χ0) is 24.1. The van der Waals surface area contributed by atoms with Crippen molar-refractivity contribution in [3.63, 3.8) is 0 Å². The van der Waals surface area contributed by atoms with Gasteiger partial charge in [0, 0.05) is 16.7 Å². The summed E-state index contributed by atoms with van der Waals surface area (Å²) in [6.07, 6.45) is 2.88. The van der Waals surface area contributed by atoms with Crippen molar-refractivity contribution < 1.29 is 19.4 Å². The summed E-state index contributed by atoms with van der Waals surface area (Å²) in [5.41, 5.74) is 2.32. The van der Waals surface area contributed by atoms with Gasteiger partial charge in [0.25, 0.3) is 5.91 Å². The largest absolute Gasteiger partial charge is 0.465 e. The molecule has 2 aromatic rings. The van der Waals surface area contributed by atoms with Gasteiger partial charge in [-0.25, -0.2) is 14.8 Å². The van der Waals surface area contributed by atoms with Crippen LogP contribution >= 0.6 is 0 Å². The zero-order valence-electron chi connectivity index (χ0n) is 19.5. The minimum absolute atomic E-state index is 0.300. The number of amides is 2. The first kappa shape index (κ1) is 22.1. The maximum Gasteiger partial charge on any atom is 0.408 e. The molecule has 0 spiro atoms. The van der Waals surface area contributed by atoms with Gasteiger partial charge in [-0.05, 0) is 51.2 Å². The molecule has 3 aliphatic rings. The maximum atomic E-state index is 12.6. The fraction of sp³-hybridized carbons (Fsp3) is 0.333. The Morgan fingerprint density at radius 3 is 2.29 bits per heavy atom. The van der Waals surface area contributed by atoms with Crippen molar-refractivity contribution in [3.05, 3.63) is 71.3 Å². The van der Waals surface area contributed by atoms with E-state index in [1.54, 1.807) is 4.90 Å². The highest BCUT2D eigenvalue weighted by atomic mass is 16.5. The van der Waals surface area contributed by atoms with Gasteiger partial charge in [0.2, 0.25) is 5.90 Å². The molecule has 174 valence electrons. The molecular weight excluding hydrogens is 430 g/mol. The molecule has 1 atom stereocenters. The molecular formula is C27H27N3O4. The Balaban J connectivity index is 1.58. The molecule has 7 heteroatoms. The number of rotatable bonds is 4. The van der Waals surface area contributed by atoms with Gasteiger partial charge < -0.3 is 9.84 Å². The van der Waals surface area contributed by atoms with Crippen LogP contribution in [0, 0.1) is 5.92 Å². The molecule has 1 saturated carbocycles. The van der Waals surface area contributed by atoms with Crippen LogP contribution in [0.1, 0.15) is 56.7 Å². The van der Waals surface area contributed by atoms with Crippen LogP contribution in [-0.4, -0.2) is 39.8 Å². The molecule has 1 fully saturated rings. The monoisotopic (exact) mass is 457 g/mol. The van der Waals surface area contributed by atoms with Crippen LogP contribution < -0.4 is 0 Å². The second kappa shape index (κ2) is 7.94. The molecule has 1 aliphatic carbocycles. The predicted molar refractivity (Wildman–Crippen MR) is 130 cm³/mol. The molecule has 2 heterocycles. The van der Waals surface area contributed by atoms with Crippen LogP contribution in [0.15, 0.2) is 64.6 Å². The van der Waals surface area contributed by atoms with Crippen molar-refractivity contribution in [2.75, 3.05) is 0 Å². The molecule has 1 unspecified atom stereocenters. The lowest BCUT2D eigenvalue weighted by molar-refractivity contribution is -0.118. The van der Waals surface area contributed by atoms with Gasteiger partial charge in [-0.1, -0.05) is 54.6 Å². The lowest BCUT2D eigenvalue weighted by Gasteiger charge is -2.54. The van der Waals surface area contributed by atoms with Crippen molar-refractivity contribution >= 4 is 35.6 Å². The zero-order valence-corrected chi connectivity index (χ0v) is 19.5. The van der Waals surface area contributed by atoms with E-state index in [1.165, 1.54) is 6.34 Å². The van der Waals surface area contributed by atoms with Crippen molar-refractivity contribution in [2.24, 2.45) is 15.9 Å². The smallest absolute Gasteiger partial charge is 0.408 e. The van der Waals surface area contributed by atoms with Crippen LogP contribution in [0.25, 0.3) is 11.3 Å². The Morgan fingerprint density at radius 1 is 1.06 bits per heavy atom. The third-order valence-electron chi connectivity index (χ3n) is 6.84. The summed E-state index contributed by atoms with van der Waals surface area (Å²) >= 11 is 0. The number of fused-ring (bicyclic) bond motifs is 1. The number of nitrogens with zero attached hydrogens (tertiary/aromatic N) is 3. The minimum Gasteiger partial charge on any atom is -0.465 e. The number of benzene rings is 2. The summed E-state index contributed by atoms with van der Waals surface area (Å²) < 4.78 is 6.11. The highest BCUT2D eigenvalue weighted by Crippen LogP contribution is 2.50. The molecule has 5 rings (SSSR count). The summed E-state index contributed by atoms with van der Waals surface area (Å²) in [5.74, 6) is -0.0540. The molecule has 0 saturated heterocycles. The molecule has 1 N–H and O–H groups in total. The van der Waals surface area contributed by atoms with Gasteiger partial charge in [0.15, 0.2) is 0 Å². The number of hydrogen-bond donors (Lipinski definition) is 1. The predicted octanol–water partition coefficient (Wildman–Crippen LogP) is 5.33. The third kappa shape index (κ3) is 3.43. The maximum absolute atomic E-state index is 12.6. The molecule has 7 nitrogen and oxygen atoms in total. The average molecular weight is 458 g/mol. The first-order valence-corrected chi connectivity index (χ1v) is 11.5. The number of carbonyl (C=O) groups excluding carboxylic acids is 1. The molecule has 0 radical (unpaired) electrons. The number of aliphatic imine (C=N–C) groups is 2. The first-order chi connectivity index (χ1) is 16.2. The molecule has 0 aromatic heterocycles. The van der Waals surface area contributed by atoms with Crippen molar-refractivity contribution in [3.8, 4) is 0 Å². The van der Waals surface area contributed by atoms with Crippen LogP contribution in [0.4, 0.5) is 4.79 Å². The SMILES string of the molecule is CC(C)(C)N(C(=O)O)C1(c2ccc(C3=C(c4ccccc4)C4C(=O)N=CN=C4O3)cc2)CCC1. The summed E-state index contributed by atoms with van der Waals surface area (Å²) in [4.78, 5) is 34.6. The Hall–Kier alpha value is -3.74. The Labute approximate surface area is 198 Å². The first-order valence-electron chi connectivity index (χ1n) is 11.5. The van der Waals surface area contributed by atoms with Gasteiger partial charge >= 0.3 is 6.09 Å². The lowest BCUT2D eigenvalue weighted by Crippen LogP contribution is -2.60.